The second kappa shape index (κ2) is 6.74. The largest absolute Gasteiger partial charge is 0.506 e. The number of hydrogen-bond donors (Lipinski definition) is 3. The number of aryl methyl sites for hydroxylation is 1. The molecule has 2 rings (SSSR count). The van der Waals surface area contributed by atoms with Gasteiger partial charge in [-0.1, -0.05) is 48.7 Å². The van der Waals surface area contributed by atoms with Crippen molar-refractivity contribution in [1.82, 2.24) is 5.32 Å². The molecule has 0 fully saturated rings. The number of carbonyl (C=O) groups is 1. The summed E-state index contributed by atoms with van der Waals surface area (Å²) in [6, 6.07) is 11.7. The molecule has 2 aromatic rings. The molecule has 4 nitrogen and oxygen atoms in total. The lowest BCUT2D eigenvalue weighted by Crippen LogP contribution is -2.33. The van der Waals surface area contributed by atoms with Gasteiger partial charge in [-0.15, -0.1) is 0 Å². The average Bonchev–Trinajstić information content (AvgIpc) is 2.48. The Morgan fingerprint density at radius 2 is 2.05 bits per heavy atom. The molecule has 0 aliphatic carbocycles. The first-order chi connectivity index (χ1) is 9.99. The SMILES string of the molecule is Cc1ccccc1CNC(=O)N(S)c1cc(Cl)ccc1O. The fourth-order valence-electron chi connectivity index (χ4n) is 1.83. The zero-order valence-corrected chi connectivity index (χ0v) is 13.0. The van der Waals surface area contributed by atoms with Gasteiger partial charge in [0.2, 0.25) is 0 Å². The number of hydrogen-bond acceptors (Lipinski definition) is 3. The molecular formula is C15H15ClN2O2S. The van der Waals surface area contributed by atoms with Gasteiger partial charge in [0, 0.05) is 11.6 Å². The summed E-state index contributed by atoms with van der Waals surface area (Å²) >= 11 is 9.96. The van der Waals surface area contributed by atoms with E-state index in [0.717, 1.165) is 15.4 Å². The van der Waals surface area contributed by atoms with Crippen LogP contribution >= 0.6 is 24.4 Å². The molecule has 0 heterocycles. The molecule has 0 radical (unpaired) electrons. The Labute approximate surface area is 133 Å². The van der Waals surface area contributed by atoms with Crippen molar-refractivity contribution in [2.24, 2.45) is 0 Å². The number of anilines is 1. The van der Waals surface area contributed by atoms with Gasteiger partial charge in [-0.2, -0.15) is 0 Å². The van der Waals surface area contributed by atoms with Gasteiger partial charge in [-0.25, -0.2) is 9.10 Å². The summed E-state index contributed by atoms with van der Waals surface area (Å²) in [5.41, 5.74) is 2.34. The second-order valence-corrected chi connectivity index (χ2v) is 5.37. The summed E-state index contributed by atoms with van der Waals surface area (Å²) in [7, 11) is 0. The van der Waals surface area contributed by atoms with Crippen LogP contribution in [0.1, 0.15) is 11.1 Å². The smallest absolute Gasteiger partial charge is 0.332 e. The van der Waals surface area contributed by atoms with Crippen LogP contribution in [0, 0.1) is 6.92 Å². The van der Waals surface area contributed by atoms with E-state index < -0.39 is 6.03 Å². The van der Waals surface area contributed by atoms with Crippen molar-refractivity contribution in [2.75, 3.05) is 4.31 Å². The summed E-state index contributed by atoms with van der Waals surface area (Å²) in [4.78, 5) is 12.1. The number of benzene rings is 2. The number of aromatic hydroxyl groups is 1. The van der Waals surface area contributed by atoms with Gasteiger partial charge in [0.15, 0.2) is 0 Å². The highest BCUT2D eigenvalue weighted by Crippen LogP contribution is 2.31. The Morgan fingerprint density at radius 3 is 2.76 bits per heavy atom. The molecule has 0 spiro atoms. The zero-order chi connectivity index (χ0) is 15.4. The standard InChI is InChI=1S/C15H15ClN2O2S/c1-10-4-2-3-5-11(10)9-17-15(20)18(21)13-8-12(16)6-7-14(13)19/h2-8,19,21H,9H2,1H3,(H,17,20). The third-order valence-corrected chi connectivity index (χ3v) is 3.68. The van der Waals surface area contributed by atoms with E-state index in [2.05, 4.69) is 18.1 Å². The second-order valence-electron chi connectivity index (χ2n) is 4.53. The lowest BCUT2D eigenvalue weighted by Gasteiger charge is -2.18. The fraction of sp³-hybridized carbons (Fsp3) is 0.133. The van der Waals surface area contributed by atoms with Gasteiger partial charge >= 0.3 is 6.03 Å². The van der Waals surface area contributed by atoms with Crippen LogP contribution in [0.3, 0.4) is 0 Å². The number of urea groups is 1. The maximum atomic E-state index is 12.1. The first kappa shape index (κ1) is 15.5. The van der Waals surface area contributed by atoms with E-state index in [1.54, 1.807) is 0 Å². The number of phenols is 1. The van der Waals surface area contributed by atoms with Crippen LogP contribution in [0.25, 0.3) is 0 Å². The first-order valence-corrected chi connectivity index (χ1v) is 7.06. The maximum absolute atomic E-state index is 12.1. The van der Waals surface area contributed by atoms with Crippen LogP contribution in [0.2, 0.25) is 5.02 Å². The van der Waals surface area contributed by atoms with Gasteiger partial charge in [0.1, 0.15) is 11.4 Å². The first-order valence-electron chi connectivity index (χ1n) is 6.29. The molecule has 0 atom stereocenters. The number of nitrogens with zero attached hydrogens (tertiary/aromatic N) is 1. The van der Waals surface area contributed by atoms with Crippen molar-refractivity contribution in [1.29, 1.82) is 0 Å². The van der Waals surface area contributed by atoms with E-state index in [1.807, 2.05) is 31.2 Å². The van der Waals surface area contributed by atoms with E-state index in [9.17, 15) is 9.90 Å². The topological polar surface area (TPSA) is 52.6 Å². The summed E-state index contributed by atoms with van der Waals surface area (Å²) in [5, 5.41) is 12.9. The third kappa shape index (κ3) is 3.83. The number of carbonyl (C=O) groups excluding carboxylic acids is 1. The minimum Gasteiger partial charge on any atom is -0.506 e. The lowest BCUT2D eigenvalue weighted by molar-refractivity contribution is 0.249. The van der Waals surface area contributed by atoms with Crippen LogP contribution in [0.5, 0.6) is 5.75 Å². The number of phenolic OH excluding ortho intramolecular Hbond substituents is 1. The molecule has 21 heavy (non-hydrogen) atoms. The molecule has 2 aromatic carbocycles. The van der Waals surface area contributed by atoms with Gasteiger partial charge in [-0.3, -0.25) is 0 Å². The number of halogens is 1. The molecule has 110 valence electrons. The molecule has 0 saturated carbocycles. The molecule has 0 saturated heterocycles. The van der Waals surface area contributed by atoms with Crippen molar-refractivity contribution >= 4 is 36.1 Å². The van der Waals surface area contributed by atoms with E-state index in [-0.39, 0.29) is 11.4 Å². The molecule has 0 unspecified atom stereocenters. The lowest BCUT2D eigenvalue weighted by atomic mass is 10.1. The Hall–Kier alpha value is -1.85. The van der Waals surface area contributed by atoms with E-state index in [4.69, 9.17) is 11.6 Å². The molecular weight excluding hydrogens is 308 g/mol. The third-order valence-electron chi connectivity index (χ3n) is 3.05. The zero-order valence-electron chi connectivity index (χ0n) is 11.4. The monoisotopic (exact) mass is 322 g/mol. The van der Waals surface area contributed by atoms with Gasteiger partial charge in [0.25, 0.3) is 0 Å². The van der Waals surface area contributed by atoms with Gasteiger partial charge in [0.05, 0.1) is 0 Å². The van der Waals surface area contributed by atoms with E-state index >= 15 is 0 Å². The van der Waals surface area contributed by atoms with E-state index in [1.165, 1.54) is 18.2 Å². The summed E-state index contributed by atoms with van der Waals surface area (Å²) in [6.07, 6.45) is 0. The average molecular weight is 323 g/mol. The molecule has 0 bridgehead atoms. The number of amides is 2. The predicted octanol–water partition coefficient (Wildman–Crippen LogP) is 3.92. The predicted molar refractivity (Wildman–Crippen MR) is 88.0 cm³/mol. The highest BCUT2D eigenvalue weighted by atomic mass is 35.5. The summed E-state index contributed by atoms with van der Waals surface area (Å²) in [5.74, 6) is -0.0690. The Bertz CT molecular complexity index is 664. The highest BCUT2D eigenvalue weighted by Gasteiger charge is 2.16. The van der Waals surface area contributed by atoms with Gasteiger partial charge < -0.3 is 10.4 Å². The van der Waals surface area contributed by atoms with Crippen molar-refractivity contribution < 1.29 is 9.90 Å². The minimum absolute atomic E-state index is 0.0690. The highest BCUT2D eigenvalue weighted by molar-refractivity contribution is 7.82. The molecule has 6 heteroatoms. The Balaban J connectivity index is 2.06. The molecule has 0 aromatic heterocycles. The molecule has 0 aliphatic rings. The molecule has 2 N–H and O–H groups in total. The van der Waals surface area contributed by atoms with Crippen molar-refractivity contribution in [2.45, 2.75) is 13.5 Å². The van der Waals surface area contributed by atoms with Crippen LogP contribution in [-0.2, 0) is 6.54 Å². The molecule has 2 amide bonds. The minimum atomic E-state index is -0.445. The summed E-state index contributed by atoms with van der Waals surface area (Å²) in [6.45, 7) is 2.35. The quantitative estimate of drug-likeness (QED) is 0.750. The number of rotatable bonds is 3. The van der Waals surface area contributed by atoms with Crippen molar-refractivity contribution in [3.63, 3.8) is 0 Å². The fourth-order valence-corrected chi connectivity index (χ4v) is 2.23. The summed E-state index contributed by atoms with van der Waals surface area (Å²) < 4.78 is 1.03. The van der Waals surface area contributed by atoms with Crippen LogP contribution in [0.15, 0.2) is 42.5 Å². The van der Waals surface area contributed by atoms with Crippen molar-refractivity contribution in [3.05, 3.63) is 58.6 Å². The maximum Gasteiger partial charge on any atom is 0.332 e. The number of nitrogens with one attached hydrogen (secondary N) is 1. The van der Waals surface area contributed by atoms with Crippen LogP contribution < -0.4 is 9.62 Å². The normalized spacial score (nSPS) is 10.2. The van der Waals surface area contributed by atoms with Crippen LogP contribution in [-0.4, -0.2) is 11.1 Å². The Morgan fingerprint density at radius 1 is 1.33 bits per heavy atom. The number of thiol groups is 1. The van der Waals surface area contributed by atoms with Gasteiger partial charge in [-0.05, 0) is 36.2 Å². The van der Waals surface area contributed by atoms with E-state index in [0.29, 0.717) is 11.6 Å². The molecule has 0 aliphatic heterocycles. The van der Waals surface area contributed by atoms with Crippen molar-refractivity contribution in [3.8, 4) is 5.75 Å². The Kier molecular flexibility index (Phi) is 4.98. The van der Waals surface area contributed by atoms with Crippen LogP contribution in [0.4, 0.5) is 10.5 Å².